The van der Waals surface area contributed by atoms with Crippen molar-refractivity contribution in [2.24, 2.45) is 28.9 Å². The van der Waals surface area contributed by atoms with E-state index >= 15 is 0 Å². The monoisotopic (exact) mass is 1010 g/mol. The van der Waals surface area contributed by atoms with Crippen LogP contribution in [-0.4, -0.2) is 140 Å². The zero-order valence-electron chi connectivity index (χ0n) is 45.0. The molecule has 2 saturated heterocycles. The molecule has 3 aliphatic carbocycles. The number of primary amides is 1. The lowest BCUT2D eigenvalue weighted by Gasteiger charge is -2.35. The van der Waals surface area contributed by atoms with Crippen molar-refractivity contribution in [1.29, 1.82) is 0 Å². The van der Waals surface area contributed by atoms with E-state index in [1.165, 1.54) is 53.0 Å². The first-order chi connectivity index (χ1) is 34.7. The highest BCUT2D eigenvalue weighted by atomic mass is 16.2. The van der Waals surface area contributed by atoms with Gasteiger partial charge >= 0.3 is 0 Å². The second-order valence-corrected chi connectivity index (χ2v) is 21.7. The Hall–Kier alpha value is -5.88. The maximum atomic E-state index is 13.7. The summed E-state index contributed by atoms with van der Waals surface area (Å²) in [6.07, 6.45) is 11.4. The Morgan fingerprint density at radius 2 is 1.36 bits per heavy atom. The number of nitrogens with two attached hydrogens (primary N) is 1. The van der Waals surface area contributed by atoms with Gasteiger partial charge in [-0.15, -0.1) is 0 Å². The molecule has 404 valence electrons. The molecule has 73 heavy (non-hydrogen) atoms. The molecule has 2 aliphatic heterocycles. The van der Waals surface area contributed by atoms with Gasteiger partial charge in [0.15, 0.2) is 0 Å². The van der Waals surface area contributed by atoms with Gasteiger partial charge in [0, 0.05) is 37.5 Å². The number of nitrogens with zero attached hydrogens (tertiary/aromatic N) is 3. The van der Waals surface area contributed by atoms with Gasteiger partial charge in [-0.25, -0.2) is 0 Å². The molecule has 7 unspecified atom stereocenters. The van der Waals surface area contributed by atoms with Gasteiger partial charge in [0.2, 0.25) is 47.8 Å². The average Bonchev–Trinajstić information content (AvgIpc) is 4.16. The first-order valence-corrected chi connectivity index (χ1v) is 26.4. The van der Waals surface area contributed by atoms with E-state index in [1.807, 2.05) is 6.07 Å². The van der Waals surface area contributed by atoms with Crippen LogP contribution in [0.2, 0.25) is 0 Å². The highest BCUT2D eigenvalue weighted by molar-refractivity contribution is 5.94. The molecule has 8 amide bonds. The zero-order valence-corrected chi connectivity index (χ0v) is 45.0. The van der Waals surface area contributed by atoms with E-state index in [1.54, 1.807) is 57.8 Å². The van der Waals surface area contributed by atoms with Crippen LogP contribution in [0.25, 0.3) is 0 Å². The highest BCUT2D eigenvalue weighted by Crippen LogP contribution is 2.35. The SMILES string of the molecule is CC(C)C.CNCC(=O)NC(C(=O)N1CC(NC(=O)C2CCCC2C(=O)N2CCN(C(=O)CNC(=O)C(C)NC)C2)CC1C(N)=O)C(C)(C)C.O=CNC1CCCc2ccccc21.c1ccc2c(c1)CCCC2. The third-order valence-corrected chi connectivity index (χ3v) is 14.0. The molecule has 8 N–H and O–H groups in total. The Morgan fingerprint density at radius 1 is 0.767 bits per heavy atom. The highest BCUT2D eigenvalue weighted by Gasteiger charge is 2.47. The number of carbonyl (C=O) groups is 8. The van der Waals surface area contributed by atoms with Crippen LogP contribution in [0, 0.1) is 23.2 Å². The molecule has 0 spiro atoms. The molecule has 18 heteroatoms. The molecule has 0 radical (unpaired) electrons. The normalized spacial score (nSPS) is 21.7. The predicted molar refractivity (Wildman–Crippen MR) is 282 cm³/mol. The first kappa shape index (κ1) is 59.7. The fraction of sp³-hybridized carbons (Fsp3) is 0.636. The number of likely N-dealkylation sites (tertiary alicyclic amines) is 1. The standard InChI is InChI=1S/C30H51N9O7.C11H13NO.C10H12.C4H10/c1-17(33-6)26(43)34-14-23(41)37-10-11-38(16-37)28(45)20-9-7-8-19(20)27(44)35-18-12-21(25(31)42)39(15-18)29(46)24(30(2,3)4)36-22(40)13-32-5;13-8-12-11-7-3-5-9-4-1-2-6-10(9)11;1-2-6-10-8-4-3-7-9(10)5-1;1-4(2)3/h17-21,24,32-33H,7-16H2,1-6H3,(H2,31,42)(H,34,43)(H,35,44)(H,36,40);1-2,4,6,8,11H,3,5,7H2,(H,12,13);1-2,5-6H,3-4,7-8H2;4H,1-3H3. The molecule has 2 aromatic carbocycles. The van der Waals surface area contributed by atoms with Crippen LogP contribution in [0.3, 0.4) is 0 Å². The van der Waals surface area contributed by atoms with Crippen LogP contribution in [0.4, 0.5) is 0 Å². The molecule has 2 aromatic rings. The Morgan fingerprint density at radius 3 is 1.95 bits per heavy atom. The van der Waals surface area contributed by atoms with Crippen LogP contribution in [0.1, 0.15) is 128 Å². The smallest absolute Gasteiger partial charge is 0.246 e. The minimum Gasteiger partial charge on any atom is -0.368 e. The Kier molecular flexibility index (Phi) is 23.8. The van der Waals surface area contributed by atoms with Crippen molar-refractivity contribution in [3.63, 3.8) is 0 Å². The first-order valence-electron chi connectivity index (χ1n) is 26.4. The second kappa shape index (κ2) is 29.1. The van der Waals surface area contributed by atoms with E-state index in [-0.39, 0.29) is 68.3 Å². The number of carbonyl (C=O) groups excluding carboxylic acids is 8. The van der Waals surface area contributed by atoms with Gasteiger partial charge < -0.3 is 52.3 Å². The van der Waals surface area contributed by atoms with Crippen molar-refractivity contribution in [3.05, 3.63) is 70.8 Å². The van der Waals surface area contributed by atoms with Gasteiger partial charge in [0.1, 0.15) is 12.1 Å². The lowest BCUT2D eigenvalue weighted by Crippen LogP contribution is -2.58. The van der Waals surface area contributed by atoms with Crippen LogP contribution >= 0.6 is 0 Å². The number of fused-ring (bicyclic) bond motifs is 2. The minimum absolute atomic E-state index is 0.0132. The number of rotatable bonds is 14. The number of nitrogens with one attached hydrogen (secondary N) is 6. The van der Waals surface area contributed by atoms with Gasteiger partial charge in [0.05, 0.1) is 31.8 Å². The van der Waals surface area contributed by atoms with Crippen molar-refractivity contribution < 1.29 is 38.4 Å². The number of benzene rings is 2. The van der Waals surface area contributed by atoms with E-state index in [0.29, 0.717) is 32.4 Å². The molecule has 7 rings (SSSR count). The largest absolute Gasteiger partial charge is 0.368 e. The number of hydrogen-bond acceptors (Lipinski definition) is 10. The Balaban J connectivity index is 0.000000339. The molecule has 3 fully saturated rings. The summed E-state index contributed by atoms with van der Waals surface area (Å²) in [7, 11) is 3.26. The maximum Gasteiger partial charge on any atom is 0.246 e. The second-order valence-electron chi connectivity index (χ2n) is 21.7. The molecule has 1 saturated carbocycles. The number of hydrogen-bond donors (Lipinski definition) is 7. The lowest BCUT2D eigenvalue weighted by molar-refractivity contribution is -0.143. The van der Waals surface area contributed by atoms with Crippen LogP contribution in [0.15, 0.2) is 48.5 Å². The van der Waals surface area contributed by atoms with Crippen molar-refractivity contribution in [3.8, 4) is 0 Å². The van der Waals surface area contributed by atoms with Crippen molar-refractivity contribution in [2.75, 3.05) is 53.5 Å². The number of amides is 8. The fourth-order valence-corrected chi connectivity index (χ4v) is 9.97. The summed E-state index contributed by atoms with van der Waals surface area (Å²) in [6, 6.07) is 14.5. The van der Waals surface area contributed by atoms with Crippen molar-refractivity contribution in [2.45, 2.75) is 149 Å². The fourth-order valence-electron chi connectivity index (χ4n) is 9.97. The zero-order chi connectivity index (χ0) is 53.8. The van der Waals surface area contributed by atoms with Gasteiger partial charge in [-0.2, -0.15) is 0 Å². The van der Waals surface area contributed by atoms with E-state index in [9.17, 15) is 38.4 Å². The van der Waals surface area contributed by atoms with Gasteiger partial charge in [-0.05, 0) is 119 Å². The predicted octanol–water partition coefficient (Wildman–Crippen LogP) is 3.11. The van der Waals surface area contributed by atoms with Gasteiger partial charge in [0.25, 0.3) is 0 Å². The minimum atomic E-state index is -0.968. The summed E-state index contributed by atoms with van der Waals surface area (Å²) < 4.78 is 0. The van der Waals surface area contributed by atoms with Crippen molar-refractivity contribution in [1.82, 2.24) is 46.6 Å². The lowest BCUT2D eigenvalue weighted by atomic mass is 9.85. The summed E-state index contributed by atoms with van der Waals surface area (Å²) in [5.41, 5.74) is 10.8. The Bertz CT molecular complexity index is 2150. The molecular formula is C55H86N10O8. The third-order valence-electron chi connectivity index (χ3n) is 14.0. The molecule has 2 heterocycles. The molecule has 5 aliphatic rings. The summed E-state index contributed by atoms with van der Waals surface area (Å²) in [5.74, 6) is -3.01. The molecule has 7 atom stereocenters. The van der Waals surface area contributed by atoms with Crippen LogP contribution in [0.5, 0.6) is 0 Å². The van der Waals surface area contributed by atoms with E-state index < -0.39 is 53.2 Å². The van der Waals surface area contributed by atoms with Crippen LogP contribution in [-0.2, 0) is 57.6 Å². The summed E-state index contributed by atoms with van der Waals surface area (Å²) in [4.78, 5) is 105. The maximum absolute atomic E-state index is 13.7. The summed E-state index contributed by atoms with van der Waals surface area (Å²) in [5, 5.41) is 16.7. The van der Waals surface area contributed by atoms with E-state index in [4.69, 9.17) is 5.73 Å². The molecule has 0 aromatic heterocycles. The topological polar surface area (TPSA) is 244 Å². The molecule has 18 nitrogen and oxygen atoms in total. The quantitative estimate of drug-likeness (QED) is 0.136. The van der Waals surface area contributed by atoms with Crippen molar-refractivity contribution >= 4 is 47.8 Å². The summed E-state index contributed by atoms with van der Waals surface area (Å²) in [6.45, 7) is 14.2. The van der Waals surface area contributed by atoms with Gasteiger partial charge in [-0.1, -0.05) is 96.5 Å². The number of aryl methyl sites for hydroxylation is 3. The van der Waals surface area contributed by atoms with E-state index in [2.05, 4.69) is 95.1 Å². The molecule has 0 bridgehead atoms. The number of likely N-dealkylation sites (N-methyl/N-ethyl adjacent to an activating group) is 2. The van der Waals surface area contributed by atoms with Gasteiger partial charge in [-0.3, -0.25) is 38.4 Å². The van der Waals surface area contributed by atoms with Crippen LogP contribution < -0.4 is 37.6 Å². The third kappa shape index (κ3) is 17.9. The van der Waals surface area contributed by atoms with E-state index in [0.717, 1.165) is 25.2 Å². The molecular weight excluding hydrogens is 929 g/mol. The Labute approximate surface area is 433 Å². The summed E-state index contributed by atoms with van der Waals surface area (Å²) >= 11 is 0. The average molecular weight is 1020 g/mol.